The molecule has 18 heavy (non-hydrogen) atoms. The molecule has 0 aliphatic heterocycles. The molecule has 2 heteroatoms. The minimum atomic E-state index is 0.171. The van der Waals surface area contributed by atoms with Gasteiger partial charge in [0.05, 0.1) is 5.60 Å². The summed E-state index contributed by atoms with van der Waals surface area (Å²) in [6.45, 7) is 3.41. The van der Waals surface area contributed by atoms with Gasteiger partial charge in [-0.3, -0.25) is 0 Å². The molecular weight excluding hydrogens is 222 g/mol. The second-order valence-corrected chi connectivity index (χ2v) is 6.31. The Balaban J connectivity index is 2.02. The SMILES string of the molecule is CCCNC(C1CCCCCC1)C1(OC)CCC1. The molecule has 2 saturated carbocycles. The Bertz CT molecular complexity index is 224. The van der Waals surface area contributed by atoms with Crippen LogP contribution in [0.1, 0.15) is 71.1 Å². The van der Waals surface area contributed by atoms with Gasteiger partial charge in [-0.25, -0.2) is 0 Å². The number of rotatable bonds is 6. The summed E-state index contributed by atoms with van der Waals surface area (Å²) < 4.78 is 5.96. The van der Waals surface area contributed by atoms with Crippen LogP contribution in [0.3, 0.4) is 0 Å². The molecule has 0 aromatic carbocycles. The highest BCUT2D eigenvalue weighted by Crippen LogP contribution is 2.43. The fourth-order valence-electron chi connectivity index (χ4n) is 3.89. The maximum atomic E-state index is 5.96. The van der Waals surface area contributed by atoms with Gasteiger partial charge in [-0.05, 0) is 51.0 Å². The van der Waals surface area contributed by atoms with Gasteiger partial charge in [0.2, 0.25) is 0 Å². The molecule has 1 atom stereocenters. The summed E-state index contributed by atoms with van der Waals surface area (Å²) in [5.41, 5.74) is 0.171. The van der Waals surface area contributed by atoms with Gasteiger partial charge in [0, 0.05) is 13.2 Å². The fourth-order valence-corrected chi connectivity index (χ4v) is 3.89. The van der Waals surface area contributed by atoms with Crippen molar-refractivity contribution in [1.29, 1.82) is 0 Å². The van der Waals surface area contributed by atoms with E-state index in [9.17, 15) is 0 Å². The second kappa shape index (κ2) is 6.91. The first-order valence-corrected chi connectivity index (χ1v) is 8.11. The second-order valence-electron chi connectivity index (χ2n) is 6.31. The van der Waals surface area contributed by atoms with Crippen molar-refractivity contribution in [2.75, 3.05) is 13.7 Å². The van der Waals surface area contributed by atoms with E-state index in [1.54, 1.807) is 0 Å². The number of hydrogen-bond acceptors (Lipinski definition) is 2. The molecule has 2 aliphatic rings. The molecule has 0 saturated heterocycles. The summed E-state index contributed by atoms with van der Waals surface area (Å²) in [5.74, 6) is 0.847. The topological polar surface area (TPSA) is 21.3 Å². The average Bonchev–Trinajstić information content (AvgIpc) is 2.61. The molecule has 2 fully saturated rings. The minimum Gasteiger partial charge on any atom is -0.377 e. The molecule has 0 bridgehead atoms. The Morgan fingerprint density at radius 3 is 2.22 bits per heavy atom. The van der Waals surface area contributed by atoms with Crippen LogP contribution in [0, 0.1) is 5.92 Å². The lowest BCUT2D eigenvalue weighted by Crippen LogP contribution is -2.59. The fraction of sp³-hybridized carbons (Fsp3) is 1.00. The predicted octanol–water partition coefficient (Wildman–Crippen LogP) is 3.89. The van der Waals surface area contributed by atoms with E-state index in [0.717, 1.165) is 12.5 Å². The van der Waals surface area contributed by atoms with E-state index in [4.69, 9.17) is 4.74 Å². The summed E-state index contributed by atoms with van der Waals surface area (Å²) >= 11 is 0. The molecule has 0 spiro atoms. The van der Waals surface area contributed by atoms with E-state index in [2.05, 4.69) is 12.2 Å². The maximum absolute atomic E-state index is 5.96. The maximum Gasteiger partial charge on any atom is 0.0833 e. The number of ether oxygens (including phenoxy) is 1. The van der Waals surface area contributed by atoms with Crippen LogP contribution in [0.4, 0.5) is 0 Å². The lowest BCUT2D eigenvalue weighted by molar-refractivity contribution is -0.112. The van der Waals surface area contributed by atoms with Gasteiger partial charge in [-0.2, -0.15) is 0 Å². The molecule has 1 unspecified atom stereocenters. The van der Waals surface area contributed by atoms with Crippen LogP contribution >= 0.6 is 0 Å². The number of nitrogens with one attached hydrogen (secondary N) is 1. The molecule has 2 nitrogen and oxygen atoms in total. The standard InChI is InChI=1S/C16H31NO/c1-3-13-17-15(16(18-2)11-8-12-16)14-9-6-4-5-7-10-14/h14-15,17H,3-13H2,1-2H3. The van der Waals surface area contributed by atoms with Crippen molar-refractivity contribution in [3.8, 4) is 0 Å². The van der Waals surface area contributed by atoms with Crippen molar-refractivity contribution in [1.82, 2.24) is 5.32 Å². The molecule has 0 amide bonds. The quantitative estimate of drug-likeness (QED) is 0.725. The first kappa shape index (κ1) is 14.3. The third-order valence-electron chi connectivity index (χ3n) is 5.16. The summed E-state index contributed by atoms with van der Waals surface area (Å²) in [5, 5.41) is 3.84. The van der Waals surface area contributed by atoms with Gasteiger partial charge in [-0.1, -0.05) is 32.6 Å². The third kappa shape index (κ3) is 3.08. The summed E-state index contributed by atoms with van der Waals surface area (Å²) in [6, 6.07) is 0.606. The van der Waals surface area contributed by atoms with Crippen molar-refractivity contribution in [2.45, 2.75) is 82.8 Å². The van der Waals surface area contributed by atoms with Crippen molar-refractivity contribution < 1.29 is 4.74 Å². The largest absolute Gasteiger partial charge is 0.377 e. The van der Waals surface area contributed by atoms with Crippen molar-refractivity contribution in [3.63, 3.8) is 0 Å². The van der Waals surface area contributed by atoms with Gasteiger partial charge < -0.3 is 10.1 Å². The van der Waals surface area contributed by atoms with E-state index in [-0.39, 0.29) is 5.60 Å². The minimum absolute atomic E-state index is 0.171. The van der Waals surface area contributed by atoms with Crippen LogP contribution in [-0.4, -0.2) is 25.3 Å². The van der Waals surface area contributed by atoms with Crippen molar-refractivity contribution in [2.24, 2.45) is 5.92 Å². The van der Waals surface area contributed by atoms with Gasteiger partial charge >= 0.3 is 0 Å². The van der Waals surface area contributed by atoms with Gasteiger partial charge in [0.25, 0.3) is 0 Å². The first-order chi connectivity index (χ1) is 8.82. The van der Waals surface area contributed by atoms with Crippen molar-refractivity contribution >= 4 is 0 Å². The van der Waals surface area contributed by atoms with Gasteiger partial charge in [-0.15, -0.1) is 0 Å². The van der Waals surface area contributed by atoms with Gasteiger partial charge in [0.1, 0.15) is 0 Å². The zero-order valence-electron chi connectivity index (χ0n) is 12.3. The van der Waals surface area contributed by atoms with Crippen LogP contribution in [0.5, 0.6) is 0 Å². The summed E-state index contributed by atoms with van der Waals surface area (Å²) in [7, 11) is 1.93. The predicted molar refractivity (Wildman–Crippen MR) is 76.9 cm³/mol. The highest BCUT2D eigenvalue weighted by molar-refractivity contribution is 5.02. The van der Waals surface area contributed by atoms with E-state index < -0.39 is 0 Å². The lowest BCUT2D eigenvalue weighted by Gasteiger charge is -2.50. The highest BCUT2D eigenvalue weighted by Gasteiger charge is 2.47. The Labute approximate surface area is 113 Å². The highest BCUT2D eigenvalue weighted by atomic mass is 16.5. The molecule has 0 aromatic rings. The molecule has 0 heterocycles. The Morgan fingerprint density at radius 2 is 1.78 bits per heavy atom. The number of methoxy groups -OCH3 is 1. The molecule has 106 valence electrons. The molecule has 2 aliphatic carbocycles. The normalized spacial score (nSPS) is 26.3. The van der Waals surface area contributed by atoms with E-state index in [0.29, 0.717) is 6.04 Å². The van der Waals surface area contributed by atoms with E-state index in [1.165, 1.54) is 64.2 Å². The van der Waals surface area contributed by atoms with Crippen LogP contribution < -0.4 is 5.32 Å². The van der Waals surface area contributed by atoms with Gasteiger partial charge in [0.15, 0.2) is 0 Å². The monoisotopic (exact) mass is 253 g/mol. The third-order valence-corrected chi connectivity index (χ3v) is 5.16. The van der Waals surface area contributed by atoms with Crippen LogP contribution in [0.25, 0.3) is 0 Å². The molecule has 2 rings (SSSR count). The molecular formula is C16H31NO. The summed E-state index contributed by atoms with van der Waals surface area (Å²) in [4.78, 5) is 0. The van der Waals surface area contributed by atoms with E-state index >= 15 is 0 Å². The zero-order valence-corrected chi connectivity index (χ0v) is 12.3. The first-order valence-electron chi connectivity index (χ1n) is 8.11. The van der Waals surface area contributed by atoms with Crippen LogP contribution in [0.2, 0.25) is 0 Å². The lowest BCUT2D eigenvalue weighted by atomic mass is 9.68. The van der Waals surface area contributed by atoms with Crippen LogP contribution in [0.15, 0.2) is 0 Å². The van der Waals surface area contributed by atoms with Crippen molar-refractivity contribution in [3.05, 3.63) is 0 Å². The molecule has 1 N–H and O–H groups in total. The zero-order chi connectivity index (χ0) is 12.8. The Hall–Kier alpha value is -0.0800. The smallest absolute Gasteiger partial charge is 0.0833 e. The summed E-state index contributed by atoms with van der Waals surface area (Å²) in [6.07, 6.45) is 13.7. The average molecular weight is 253 g/mol. The molecule has 0 aromatic heterocycles. The Morgan fingerprint density at radius 1 is 1.11 bits per heavy atom. The molecule has 0 radical (unpaired) electrons. The number of hydrogen-bond donors (Lipinski definition) is 1. The Kier molecular flexibility index (Phi) is 5.50. The van der Waals surface area contributed by atoms with Crippen LogP contribution in [-0.2, 0) is 4.74 Å². The van der Waals surface area contributed by atoms with E-state index in [1.807, 2.05) is 7.11 Å².